The fraction of sp³-hybridized carbons (Fsp3) is 0.500. The fourth-order valence-electron chi connectivity index (χ4n) is 3.13. The summed E-state index contributed by atoms with van der Waals surface area (Å²) in [6.07, 6.45) is 2.04. The first-order chi connectivity index (χ1) is 11.5. The molecule has 1 aromatic rings. The molecule has 1 atom stereocenters. The number of hydrogen-bond donors (Lipinski definition) is 0. The van der Waals surface area contributed by atoms with Crippen LogP contribution >= 0.6 is 0 Å². The third-order valence-electron chi connectivity index (χ3n) is 4.40. The number of likely N-dealkylation sites (tertiary alicyclic amines) is 1. The normalized spacial score (nSPS) is 20.4. The minimum absolute atomic E-state index is 0.122. The van der Waals surface area contributed by atoms with Crippen LogP contribution in [-0.4, -0.2) is 47.9 Å². The average molecular weight is 333 g/mol. The number of rotatable bonds is 3. The minimum Gasteiger partial charge on any atom is -0.482 e. The molecule has 0 N–H and O–H groups in total. The van der Waals surface area contributed by atoms with E-state index in [0.29, 0.717) is 24.8 Å². The summed E-state index contributed by atoms with van der Waals surface area (Å²) in [6.45, 7) is 3.16. The van der Waals surface area contributed by atoms with E-state index in [-0.39, 0.29) is 36.3 Å². The van der Waals surface area contributed by atoms with Gasteiger partial charge in [-0.15, -0.1) is 0 Å². The van der Waals surface area contributed by atoms with Crippen molar-refractivity contribution in [2.45, 2.75) is 19.8 Å². The van der Waals surface area contributed by atoms with Gasteiger partial charge < -0.3 is 9.64 Å². The maximum Gasteiger partial charge on any atom is 0.271 e. The smallest absolute Gasteiger partial charge is 0.271 e. The Hall–Kier alpha value is -2.64. The summed E-state index contributed by atoms with van der Waals surface area (Å²) in [4.78, 5) is 38.2. The predicted octanol–water partition coefficient (Wildman–Crippen LogP) is 1.58. The summed E-state index contributed by atoms with van der Waals surface area (Å²) < 4.78 is 5.31. The maximum atomic E-state index is 12.5. The van der Waals surface area contributed by atoms with Crippen LogP contribution in [0.1, 0.15) is 19.8 Å². The summed E-state index contributed by atoms with van der Waals surface area (Å²) in [5.41, 5.74) is 0.134. The number of ether oxygens (including phenoxy) is 1. The molecule has 0 radical (unpaired) electrons. The molecule has 1 saturated heterocycles. The van der Waals surface area contributed by atoms with Crippen molar-refractivity contribution in [3.05, 3.63) is 28.3 Å². The van der Waals surface area contributed by atoms with Gasteiger partial charge in [-0.1, -0.05) is 6.92 Å². The van der Waals surface area contributed by atoms with Gasteiger partial charge in [0.1, 0.15) is 12.3 Å². The molecule has 2 heterocycles. The summed E-state index contributed by atoms with van der Waals surface area (Å²) >= 11 is 0. The van der Waals surface area contributed by atoms with Gasteiger partial charge in [0, 0.05) is 25.2 Å². The predicted molar refractivity (Wildman–Crippen MR) is 85.9 cm³/mol. The number of nitro groups is 1. The lowest BCUT2D eigenvalue weighted by Gasteiger charge is -2.34. The van der Waals surface area contributed by atoms with Crippen molar-refractivity contribution in [1.29, 1.82) is 0 Å². The van der Waals surface area contributed by atoms with Crippen molar-refractivity contribution < 1.29 is 19.2 Å². The van der Waals surface area contributed by atoms with Gasteiger partial charge in [-0.25, -0.2) is 0 Å². The number of nitro benzene ring substituents is 1. The zero-order chi connectivity index (χ0) is 17.3. The molecular formula is C16H19N3O5. The van der Waals surface area contributed by atoms with Crippen LogP contribution in [0.3, 0.4) is 0 Å². The van der Waals surface area contributed by atoms with Crippen molar-refractivity contribution in [2.24, 2.45) is 5.92 Å². The fourth-order valence-corrected chi connectivity index (χ4v) is 3.13. The van der Waals surface area contributed by atoms with Crippen molar-refractivity contribution in [1.82, 2.24) is 4.90 Å². The lowest BCUT2D eigenvalue weighted by molar-refractivity contribution is -0.384. The lowest BCUT2D eigenvalue weighted by Crippen LogP contribution is -2.48. The van der Waals surface area contributed by atoms with Crippen LogP contribution in [0.4, 0.5) is 11.4 Å². The maximum absolute atomic E-state index is 12.5. The van der Waals surface area contributed by atoms with E-state index < -0.39 is 4.92 Å². The van der Waals surface area contributed by atoms with Crippen LogP contribution < -0.4 is 9.64 Å². The molecule has 2 amide bonds. The van der Waals surface area contributed by atoms with E-state index in [0.717, 1.165) is 12.8 Å². The quantitative estimate of drug-likeness (QED) is 0.618. The summed E-state index contributed by atoms with van der Waals surface area (Å²) in [5, 5.41) is 11.0. The Balaban J connectivity index is 1.82. The van der Waals surface area contributed by atoms with Gasteiger partial charge in [-0.3, -0.25) is 24.6 Å². The molecule has 8 nitrogen and oxygen atoms in total. The minimum atomic E-state index is -0.536. The van der Waals surface area contributed by atoms with Crippen LogP contribution in [0.2, 0.25) is 0 Å². The Morgan fingerprint density at radius 3 is 2.96 bits per heavy atom. The van der Waals surface area contributed by atoms with Gasteiger partial charge in [0.25, 0.3) is 11.6 Å². The molecule has 0 bridgehead atoms. The van der Waals surface area contributed by atoms with Crippen molar-refractivity contribution in [3.8, 4) is 5.75 Å². The number of fused-ring (bicyclic) bond motifs is 1. The van der Waals surface area contributed by atoms with Crippen LogP contribution in [0.25, 0.3) is 0 Å². The van der Waals surface area contributed by atoms with Crippen LogP contribution in [0.15, 0.2) is 18.2 Å². The Morgan fingerprint density at radius 1 is 1.46 bits per heavy atom. The Labute approximate surface area is 139 Å². The van der Waals surface area contributed by atoms with Crippen molar-refractivity contribution in [2.75, 3.05) is 31.1 Å². The number of anilines is 1. The van der Waals surface area contributed by atoms with Crippen LogP contribution in [-0.2, 0) is 9.59 Å². The summed E-state index contributed by atoms with van der Waals surface area (Å²) in [6, 6.07) is 4.06. The molecule has 3 rings (SSSR count). The number of carbonyl (C=O) groups excluding carboxylic acids is 2. The molecule has 0 unspecified atom stereocenters. The van der Waals surface area contributed by atoms with Gasteiger partial charge in [-0.05, 0) is 24.8 Å². The number of non-ortho nitro benzene ring substituents is 1. The monoisotopic (exact) mass is 333 g/mol. The number of amides is 2. The highest BCUT2D eigenvalue weighted by Crippen LogP contribution is 2.35. The summed E-state index contributed by atoms with van der Waals surface area (Å²) in [7, 11) is 0. The molecule has 2 aliphatic heterocycles. The molecule has 1 fully saturated rings. The highest BCUT2D eigenvalue weighted by molar-refractivity contribution is 6.02. The largest absolute Gasteiger partial charge is 0.482 e. The van der Waals surface area contributed by atoms with E-state index in [1.54, 1.807) is 4.90 Å². The molecule has 128 valence electrons. The average Bonchev–Trinajstić information content (AvgIpc) is 2.56. The van der Waals surface area contributed by atoms with Gasteiger partial charge in [0.2, 0.25) is 5.91 Å². The number of benzene rings is 1. The zero-order valence-corrected chi connectivity index (χ0v) is 13.4. The SMILES string of the molecule is C[C@H]1CCCN(C(=O)CN2C(=O)COc3ccc([N+](=O)[O-])cc32)C1. The van der Waals surface area contributed by atoms with Crippen molar-refractivity contribution in [3.63, 3.8) is 0 Å². The first-order valence-electron chi connectivity index (χ1n) is 7.95. The molecule has 1 aromatic carbocycles. The van der Waals surface area contributed by atoms with E-state index in [2.05, 4.69) is 6.92 Å². The Kier molecular flexibility index (Phi) is 4.37. The Bertz CT molecular complexity index is 690. The van der Waals surface area contributed by atoms with E-state index in [1.807, 2.05) is 0 Å². The topological polar surface area (TPSA) is 93.0 Å². The number of piperidine rings is 1. The van der Waals surface area contributed by atoms with Gasteiger partial charge in [0.05, 0.1) is 10.6 Å². The van der Waals surface area contributed by atoms with Gasteiger partial charge in [-0.2, -0.15) is 0 Å². The van der Waals surface area contributed by atoms with E-state index in [9.17, 15) is 19.7 Å². The van der Waals surface area contributed by atoms with E-state index in [4.69, 9.17) is 4.74 Å². The highest BCUT2D eigenvalue weighted by Gasteiger charge is 2.31. The van der Waals surface area contributed by atoms with Gasteiger partial charge in [0.15, 0.2) is 6.61 Å². The molecular weight excluding hydrogens is 314 g/mol. The second-order valence-corrected chi connectivity index (χ2v) is 6.26. The molecule has 0 aromatic heterocycles. The molecule has 24 heavy (non-hydrogen) atoms. The van der Waals surface area contributed by atoms with Crippen LogP contribution in [0.5, 0.6) is 5.75 Å². The Morgan fingerprint density at radius 2 is 2.25 bits per heavy atom. The lowest BCUT2D eigenvalue weighted by atomic mass is 10.0. The van der Waals surface area contributed by atoms with Crippen molar-refractivity contribution >= 4 is 23.2 Å². The first-order valence-corrected chi connectivity index (χ1v) is 7.95. The highest BCUT2D eigenvalue weighted by atomic mass is 16.6. The molecule has 0 aliphatic carbocycles. The molecule has 0 saturated carbocycles. The zero-order valence-electron chi connectivity index (χ0n) is 13.4. The second-order valence-electron chi connectivity index (χ2n) is 6.26. The number of hydrogen-bond acceptors (Lipinski definition) is 5. The first kappa shape index (κ1) is 16.2. The molecule has 8 heteroatoms. The van der Waals surface area contributed by atoms with Gasteiger partial charge >= 0.3 is 0 Å². The van der Waals surface area contributed by atoms with E-state index >= 15 is 0 Å². The third-order valence-corrected chi connectivity index (χ3v) is 4.40. The van der Waals surface area contributed by atoms with E-state index in [1.165, 1.54) is 23.1 Å². The molecule has 0 spiro atoms. The second kappa shape index (κ2) is 6.46. The van der Waals surface area contributed by atoms with Crippen LogP contribution in [0, 0.1) is 16.0 Å². The number of nitrogens with zero attached hydrogens (tertiary/aromatic N) is 3. The number of carbonyl (C=O) groups is 2. The third kappa shape index (κ3) is 3.17. The standard InChI is InChI=1S/C16H19N3O5/c1-11-3-2-6-17(8-11)15(20)9-18-13-7-12(19(22)23)4-5-14(13)24-10-16(18)21/h4-5,7,11H,2-3,6,8-10H2,1H3/t11-/m0/s1. The molecule has 2 aliphatic rings. The summed E-state index contributed by atoms with van der Waals surface area (Å²) in [5.74, 6) is 0.298.